The van der Waals surface area contributed by atoms with Crippen LogP contribution in [0.5, 0.6) is 5.88 Å². The molecule has 1 aliphatic rings. The maximum Gasteiger partial charge on any atom is 0.416 e. The fraction of sp³-hybridized carbons (Fsp3) is 0.433. The second-order valence-electron chi connectivity index (χ2n) is 10.7. The Hall–Kier alpha value is -3.80. The SMILES string of the molecule is CCOc1ncccc1-c1ncc(C2(C(=O)N[C@@H](C)CN(C)C)CCN(c3ccc(C(F)(F)F)cc3F)CC2)cc1F. The molecule has 0 aliphatic carbocycles. The first-order chi connectivity index (χ1) is 19.9. The highest BCUT2D eigenvalue weighted by molar-refractivity contribution is 5.89. The van der Waals surface area contributed by atoms with E-state index in [1.54, 1.807) is 24.0 Å². The number of hydrogen-bond donors (Lipinski definition) is 1. The van der Waals surface area contributed by atoms with Gasteiger partial charge in [-0.15, -0.1) is 0 Å². The predicted octanol–water partition coefficient (Wildman–Crippen LogP) is 5.44. The normalized spacial score (nSPS) is 15.9. The lowest BCUT2D eigenvalue weighted by molar-refractivity contribution is -0.137. The van der Waals surface area contributed by atoms with E-state index >= 15 is 4.39 Å². The molecule has 1 N–H and O–H groups in total. The van der Waals surface area contributed by atoms with Gasteiger partial charge in [0.2, 0.25) is 11.8 Å². The number of ether oxygens (including phenoxy) is 1. The number of rotatable bonds is 9. The van der Waals surface area contributed by atoms with Gasteiger partial charge in [-0.2, -0.15) is 13.2 Å². The van der Waals surface area contributed by atoms with E-state index in [2.05, 4.69) is 15.3 Å². The number of carbonyl (C=O) groups excluding carboxylic acids is 1. The number of halogens is 5. The molecule has 7 nitrogen and oxygen atoms in total. The Morgan fingerprint density at radius 2 is 1.83 bits per heavy atom. The number of nitrogens with zero attached hydrogens (tertiary/aromatic N) is 4. The van der Waals surface area contributed by atoms with E-state index in [0.29, 0.717) is 30.3 Å². The van der Waals surface area contributed by atoms with Gasteiger partial charge >= 0.3 is 6.18 Å². The standard InChI is InChI=1S/C30H34F5N5O2/c1-5-42-27-22(7-6-12-36-27)26-24(32)16-21(17-37-26)29(28(41)38-19(2)18-39(3)4)10-13-40(14-11-29)25-9-8-20(15-23(25)31)30(33,34)35/h6-9,12,15-17,19H,5,10-11,13-14,18H2,1-4H3,(H,38,41)/t19-/m0/s1. The molecular weight excluding hydrogens is 557 g/mol. The Bertz CT molecular complexity index is 1410. The molecular formula is C30H34F5N5O2. The van der Waals surface area contributed by atoms with Crippen molar-refractivity contribution in [2.45, 2.75) is 44.3 Å². The van der Waals surface area contributed by atoms with Crippen LogP contribution < -0.4 is 15.0 Å². The first kappa shape index (κ1) is 31.1. The summed E-state index contributed by atoms with van der Waals surface area (Å²) in [4.78, 5) is 25.9. The number of likely N-dealkylation sites (N-methyl/N-ethyl adjacent to an activating group) is 1. The zero-order valence-corrected chi connectivity index (χ0v) is 23.9. The van der Waals surface area contributed by atoms with Crippen LogP contribution in [0.2, 0.25) is 0 Å². The number of hydrogen-bond acceptors (Lipinski definition) is 6. The van der Waals surface area contributed by atoms with Crippen molar-refractivity contribution in [1.29, 1.82) is 0 Å². The Labute approximate surface area is 241 Å². The van der Waals surface area contributed by atoms with E-state index in [4.69, 9.17) is 4.74 Å². The molecule has 2 aromatic heterocycles. The van der Waals surface area contributed by atoms with E-state index in [9.17, 15) is 22.4 Å². The number of aromatic nitrogens is 2. The van der Waals surface area contributed by atoms with Crippen molar-refractivity contribution in [2.75, 3.05) is 45.2 Å². The second kappa shape index (κ2) is 12.6. The van der Waals surface area contributed by atoms with Gasteiger partial charge in [-0.1, -0.05) is 0 Å². The smallest absolute Gasteiger partial charge is 0.416 e. The third-order valence-corrected chi connectivity index (χ3v) is 7.38. The molecule has 0 radical (unpaired) electrons. The zero-order chi connectivity index (χ0) is 30.7. The first-order valence-corrected chi connectivity index (χ1v) is 13.7. The van der Waals surface area contributed by atoms with Crippen molar-refractivity contribution in [3.8, 4) is 17.1 Å². The summed E-state index contributed by atoms with van der Waals surface area (Å²) in [5, 5.41) is 3.02. The Kier molecular flexibility index (Phi) is 9.34. The average Bonchev–Trinajstić information content (AvgIpc) is 2.92. The molecule has 4 rings (SSSR count). The van der Waals surface area contributed by atoms with Crippen LogP contribution >= 0.6 is 0 Å². The summed E-state index contributed by atoms with van der Waals surface area (Å²) in [6, 6.07) is 6.76. The van der Waals surface area contributed by atoms with Crippen LogP contribution in [-0.2, 0) is 16.4 Å². The average molecular weight is 592 g/mol. The van der Waals surface area contributed by atoms with Gasteiger partial charge in [-0.05, 0) is 82.7 Å². The van der Waals surface area contributed by atoms with E-state index in [-0.39, 0.29) is 55.1 Å². The molecule has 0 spiro atoms. The summed E-state index contributed by atoms with van der Waals surface area (Å²) >= 11 is 0. The number of benzene rings is 1. The molecule has 1 amide bonds. The number of pyridine rings is 2. The highest BCUT2D eigenvalue weighted by Crippen LogP contribution is 2.40. The summed E-state index contributed by atoms with van der Waals surface area (Å²) in [7, 11) is 3.75. The van der Waals surface area contributed by atoms with Gasteiger partial charge in [0.25, 0.3) is 0 Å². The molecule has 1 fully saturated rings. The molecule has 226 valence electrons. The van der Waals surface area contributed by atoms with Gasteiger partial charge < -0.3 is 19.9 Å². The summed E-state index contributed by atoms with van der Waals surface area (Å²) in [5.41, 5.74) is -1.52. The van der Waals surface area contributed by atoms with Gasteiger partial charge in [0.15, 0.2) is 0 Å². The third kappa shape index (κ3) is 6.64. The maximum atomic E-state index is 15.7. The van der Waals surface area contributed by atoms with Crippen LogP contribution in [0.4, 0.5) is 27.6 Å². The molecule has 12 heteroatoms. The van der Waals surface area contributed by atoms with Crippen LogP contribution in [-0.4, -0.2) is 67.2 Å². The Morgan fingerprint density at radius 3 is 2.43 bits per heavy atom. The summed E-state index contributed by atoms with van der Waals surface area (Å²) < 4.78 is 75.2. The van der Waals surface area contributed by atoms with Crippen LogP contribution in [0, 0.1) is 11.6 Å². The summed E-state index contributed by atoms with van der Waals surface area (Å²) in [5.74, 6) is -1.75. The monoisotopic (exact) mass is 591 g/mol. The fourth-order valence-corrected chi connectivity index (χ4v) is 5.39. The number of alkyl halides is 3. The van der Waals surface area contributed by atoms with Crippen LogP contribution in [0.15, 0.2) is 48.8 Å². The minimum Gasteiger partial charge on any atom is -0.477 e. The quantitative estimate of drug-likeness (QED) is 0.334. The second-order valence-corrected chi connectivity index (χ2v) is 10.7. The largest absolute Gasteiger partial charge is 0.477 e. The number of carbonyl (C=O) groups is 1. The lowest BCUT2D eigenvalue weighted by atomic mass is 9.72. The molecule has 1 aromatic carbocycles. The van der Waals surface area contributed by atoms with Crippen LogP contribution in [0.3, 0.4) is 0 Å². The highest BCUT2D eigenvalue weighted by atomic mass is 19.4. The number of piperidine rings is 1. The minimum atomic E-state index is -4.67. The molecule has 0 bridgehead atoms. The van der Waals surface area contributed by atoms with Gasteiger partial charge in [-0.3, -0.25) is 9.78 Å². The highest BCUT2D eigenvalue weighted by Gasteiger charge is 2.44. The lowest BCUT2D eigenvalue weighted by Crippen LogP contribution is -2.54. The molecule has 0 saturated carbocycles. The first-order valence-electron chi connectivity index (χ1n) is 13.7. The molecule has 1 atom stereocenters. The Morgan fingerprint density at radius 1 is 1.12 bits per heavy atom. The third-order valence-electron chi connectivity index (χ3n) is 7.38. The zero-order valence-electron chi connectivity index (χ0n) is 23.9. The van der Waals surface area contributed by atoms with Crippen molar-refractivity contribution < 1.29 is 31.5 Å². The summed E-state index contributed by atoms with van der Waals surface area (Å²) in [6.07, 6.45) is -1.36. The number of nitrogens with one attached hydrogen (secondary N) is 1. The van der Waals surface area contributed by atoms with Gasteiger partial charge in [0, 0.05) is 38.1 Å². The fourth-order valence-electron chi connectivity index (χ4n) is 5.39. The molecule has 3 heterocycles. The van der Waals surface area contributed by atoms with E-state index < -0.39 is 28.8 Å². The van der Waals surface area contributed by atoms with E-state index in [0.717, 1.165) is 12.1 Å². The van der Waals surface area contributed by atoms with E-state index in [1.165, 1.54) is 18.5 Å². The molecule has 0 unspecified atom stereocenters. The predicted molar refractivity (Wildman–Crippen MR) is 149 cm³/mol. The van der Waals surface area contributed by atoms with Crippen molar-refractivity contribution >= 4 is 11.6 Å². The minimum absolute atomic E-state index is 0.0117. The Balaban J connectivity index is 1.67. The van der Waals surface area contributed by atoms with Crippen molar-refractivity contribution in [1.82, 2.24) is 20.2 Å². The maximum absolute atomic E-state index is 15.7. The van der Waals surface area contributed by atoms with Crippen molar-refractivity contribution in [2.24, 2.45) is 0 Å². The van der Waals surface area contributed by atoms with Crippen LogP contribution in [0.25, 0.3) is 11.3 Å². The lowest BCUT2D eigenvalue weighted by Gasteiger charge is -2.42. The summed E-state index contributed by atoms with van der Waals surface area (Å²) in [6.45, 7) is 4.84. The van der Waals surface area contributed by atoms with Gasteiger partial charge in [0.1, 0.15) is 17.3 Å². The molecule has 42 heavy (non-hydrogen) atoms. The van der Waals surface area contributed by atoms with Crippen molar-refractivity contribution in [3.05, 3.63) is 71.6 Å². The number of anilines is 1. The van der Waals surface area contributed by atoms with Gasteiger partial charge in [-0.25, -0.2) is 13.8 Å². The van der Waals surface area contributed by atoms with Crippen LogP contribution in [0.1, 0.15) is 37.8 Å². The molecule has 1 aliphatic heterocycles. The molecule has 3 aromatic rings. The molecule has 1 saturated heterocycles. The topological polar surface area (TPSA) is 70.6 Å². The number of amides is 1. The van der Waals surface area contributed by atoms with E-state index in [1.807, 2.05) is 25.9 Å². The van der Waals surface area contributed by atoms with Crippen molar-refractivity contribution in [3.63, 3.8) is 0 Å². The van der Waals surface area contributed by atoms with Gasteiger partial charge in [0.05, 0.1) is 28.8 Å².